The van der Waals surface area contributed by atoms with Gasteiger partial charge in [0.05, 0.1) is 24.6 Å². The standard InChI is InChI=1S/C24H19F4N3O2/c1-14(15-3-6-17(7-4-15)24(26,27)28)33-18-8-9-19(21(11-18)32-2)20-13-30-23(31-20)16-5-10-22(25)29-12-16/h3-14H,1-2H3,(H,30,31)/t14-/m0/s1. The van der Waals surface area contributed by atoms with Crippen LogP contribution in [0.25, 0.3) is 22.6 Å². The number of imidazole rings is 1. The number of pyridine rings is 1. The Balaban J connectivity index is 1.53. The molecule has 2 aromatic carbocycles. The van der Waals surface area contributed by atoms with Crippen molar-refractivity contribution >= 4 is 0 Å². The molecule has 0 fully saturated rings. The van der Waals surface area contributed by atoms with E-state index in [4.69, 9.17) is 9.47 Å². The molecule has 9 heteroatoms. The Hall–Kier alpha value is -3.88. The monoisotopic (exact) mass is 457 g/mol. The second-order valence-corrected chi connectivity index (χ2v) is 7.26. The average molecular weight is 457 g/mol. The molecule has 0 saturated carbocycles. The minimum Gasteiger partial charge on any atom is -0.496 e. The highest BCUT2D eigenvalue weighted by molar-refractivity contribution is 5.70. The second-order valence-electron chi connectivity index (χ2n) is 7.26. The Morgan fingerprint density at radius 1 is 0.939 bits per heavy atom. The third-order valence-corrected chi connectivity index (χ3v) is 5.06. The summed E-state index contributed by atoms with van der Waals surface area (Å²) in [7, 11) is 1.52. The van der Waals surface area contributed by atoms with E-state index in [1.807, 2.05) is 0 Å². The lowest BCUT2D eigenvalue weighted by atomic mass is 10.1. The quantitative estimate of drug-likeness (QED) is 0.267. The Kier molecular flexibility index (Phi) is 6.04. The Morgan fingerprint density at radius 2 is 1.70 bits per heavy atom. The fraction of sp³-hybridized carbons (Fsp3) is 0.167. The first-order chi connectivity index (χ1) is 15.7. The summed E-state index contributed by atoms with van der Waals surface area (Å²) in [5.41, 5.74) is 1.93. The van der Waals surface area contributed by atoms with Gasteiger partial charge in [-0.2, -0.15) is 17.6 Å². The SMILES string of the molecule is COc1cc(O[C@@H](C)c2ccc(C(F)(F)F)cc2)ccc1-c1cnc(-c2ccc(F)nc2)[nH]1. The van der Waals surface area contributed by atoms with Gasteiger partial charge in [0.25, 0.3) is 0 Å². The number of methoxy groups -OCH3 is 1. The van der Waals surface area contributed by atoms with Gasteiger partial charge < -0.3 is 14.5 Å². The number of alkyl halides is 3. The molecule has 0 unspecified atom stereocenters. The lowest BCUT2D eigenvalue weighted by molar-refractivity contribution is -0.137. The largest absolute Gasteiger partial charge is 0.496 e. The van der Waals surface area contributed by atoms with Gasteiger partial charge in [0, 0.05) is 23.4 Å². The molecule has 0 bridgehead atoms. The molecule has 170 valence electrons. The number of ether oxygens (including phenoxy) is 2. The maximum Gasteiger partial charge on any atom is 0.416 e. The van der Waals surface area contributed by atoms with Crippen molar-refractivity contribution in [3.05, 3.63) is 84.1 Å². The highest BCUT2D eigenvalue weighted by Crippen LogP contribution is 2.35. The highest BCUT2D eigenvalue weighted by Gasteiger charge is 2.30. The molecule has 2 heterocycles. The van der Waals surface area contributed by atoms with Crippen molar-refractivity contribution in [2.75, 3.05) is 7.11 Å². The van der Waals surface area contributed by atoms with Crippen LogP contribution in [-0.2, 0) is 6.18 Å². The second kappa shape index (κ2) is 8.93. The van der Waals surface area contributed by atoms with Crippen molar-refractivity contribution < 1.29 is 27.0 Å². The summed E-state index contributed by atoms with van der Waals surface area (Å²) in [5.74, 6) is 0.953. The number of nitrogens with zero attached hydrogens (tertiary/aromatic N) is 2. The smallest absolute Gasteiger partial charge is 0.416 e. The van der Waals surface area contributed by atoms with Crippen LogP contribution >= 0.6 is 0 Å². The molecule has 0 amide bonds. The van der Waals surface area contributed by atoms with Crippen LogP contribution in [0.5, 0.6) is 11.5 Å². The number of halogens is 4. The number of H-pyrrole nitrogens is 1. The lowest BCUT2D eigenvalue weighted by Gasteiger charge is -2.17. The van der Waals surface area contributed by atoms with Crippen molar-refractivity contribution in [3.8, 4) is 34.1 Å². The molecule has 0 saturated heterocycles. The van der Waals surface area contributed by atoms with Gasteiger partial charge in [-0.1, -0.05) is 12.1 Å². The first kappa shape index (κ1) is 22.3. The molecule has 33 heavy (non-hydrogen) atoms. The Labute approximate surface area is 187 Å². The van der Waals surface area contributed by atoms with E-state index >= 15 is 0 Å². The van der Waals surface area contributed by atoms with Crippen LogP contribution in [0.3, 0.4) is 0 Å². The van der Waals surface area contributed by atoms with Gasteiger partial charge in [0.15, 0.2) is 0 Å². The number of rotatable bonds is 6. The molecule has 0 aliphatic carbocycles. The molecule has 4 aromatic rings. The van der Waals surface area contributed by atoms with Crippen molar-refractivity contribution in [2.24, 2.45) is 0 Å². The summed E-state index contributed by atoms with van der Waals surface area (Å²) < 4.78 is 62.8. The van der Waals surface area contributed by atoms with E-state index in [0.717, 1.165) is 17.7 Å². The maximum absolute atomic E-state index is 13.1. The topological polar surface area (TPSA) is 60.0 Å². The fourth-order valence-corrected chi connectivity index (χ4v) is 3.30. The summed E-state index contributed by atoms with van der Waals surface area (Å²) in [6.07, 6.45) is -1.85. The van der Waals surface area contributed by atoms with E-state index in [0.29, 0.717) is 34.1 Å². The molecule has 4 rings (SSSR count). The third-order valence-electron chi connectivity index (χ3n) is 5.06. The molecule has 2 aromatic heterocycles. The van der Waals surface area contributed by atoms with E-state index in [1.165, 1.54) is 31.5 Å². The summed E-state index contributed by atoms with van der Waals surface area (Å²) in [4.78, 5) is 11.1. The first-order valence-corrected chi connectivity index (χ1v) is 9.94. The fourth-order valence-electron chi connectivity index (χ4n) is 3.30. The van der Waals surface area contributed by atoms with Crippen molar-refractivity contribution in [1.29, 1.82) is 0 Å². The molecule has 1 atom stereocenters. The Morgan fingerprint density at radius 3 is 2.33 bits per heavy atom. The number of hydrogen-bond acceptors (Lipinski definition) is 4. The van der Waals surface area contributed by atoms with E-state index in [9.17, 15) is 17.6 Å². The zero-order valence-corrected chi connectivity index (χ0v) is 17.7. The Bertz CT molecular complexity index is 1240. The summed E-state index contributed by atoms with van der Waals surface area (Å²) in [6, 6.07) is 12.9. The molecule has 1 N–H and O–H groups in total. The highest BCUT2D eigenvalue weighted by atomic mass is 19.4. The molecule has 0 aliphatic rings. The molecule has 0 radical (unpaired) electrons. The number of aromatic nitrogens is 3. The van der Waals surface area contributed by atoms with Crippen LogP contribution < -0.4 is 9.47 Å². The van der Waals surface area contributed by atoms with Crippen LogP contribution in [0.15, 0.2) is 67.0 Å². The van der Waals surface area contributed by atoms with Gasteiger partial charge in [-0.3, -0.25) is 0 Å². The van der Waals surface area contributed by atoms with Gasteiger partial charge in [0.2, 0.25) is 5.95 Å². The molecule has 0 aliphatic heterocycles. The van der Waals surface area contributed by atoms with E-state index in [2.05, 4.69) is 15.0 Å². The number of aromatic amines is 1. The van der Waals surface area contributed by atoms with E-state index in [1.54, 1.807) is 37.4 Å². The van der Waals surface area contributed by atoms with E-state index < -0.39 is 23.8 Å². The van der Waals surface area contributed by atoms with Crippen LogP contribution in [0.2, 0.25) is 0 Å². The minimum absolute atomic E-state index is 0.479. The predicted octanol–water partition coefficient (Wildman–Crippen LogP) is 6.45. The van der Waals surface area contributed by atoms with Crippen LogP contribution in [-0.4, -0.2) is 22.1 Å². The normalized spacial score (nSPS) is 12.4. The van der Waals surface area contributed by atoms with Crippen molar-refractivity contribution in [3.63, 3.8) is 0 Å². The van der Waals surface area contributed by atoms with Crippen LogP contribution in [0, 0.1) is 5.95 Å². The van der Waals surface area contributed by atoms with Gasteiger partial charge in [-0.25, -0.2) is 9.97 Å². The zero-order valence-electron chi connectivity index (χ0n) is 17.7. The molecule has 0 spiro atoms. The number of hydrogen-bond donors (Lipinski definition) is 1. The van der Waals surface area contributed by atoms with Gasteiger partial charge in [-0.15, -0.1) is 0 Å². The summed E-state index contributed by atoms with van der Waals surface area (Å²) in [6.45, 7) is 1.75. The van der Waals surface area contributed by atoms with Gasteiger partial charge in [0.1, 0.15) is 23.4 Å². The van der Waals surface area contributed by atoms with Gasteiger partial charge >= 0.3 is 6.18 Å². The molecular formula is C24H19F4N3O2. The number of nitrogens with one attached hydrogen (secondary N) is 1. The lowest BCUT2D eigenvalue weighted by Crippen LogP contribution is -2.07. The third kappa shape index (κ3) is 4.97. The number of benzene rings is 2. The maximum atomic E-state index is 13.1. The summed E-state index contributed by atoms with van der Waals surface area (Å²) in [5, 5.41) is 0. The predicted molar refractivity (Wildman–Crippen MR) is 114 cm³/mol. The van der Waals surface area contributed by atoms with Gasteiger partial charge in [-0.05, 0) is 48.9 Å². The van der Waals surface area contributed by atoms with Crippen LogP contribution in [0.4, 0.5) is 17.6 Å². The van der Waals surface area contributed by atoms with Crippen molar-refractivity contribution in [2.45, 2.75) is 19.2 Å². The van der Waals surface area contributed by atoms with Crippen molar-refractivity contribution in [1.82, 2.24) is 15.0 Å². The van der Waals surface area contributed by atoms with Crippen LogP contribution in [0.1, 0.15) is 24.2 Å². The summed E-state index contributed by atoms with van der Waals surface area (Å²) >= 11 is 0. The first-order valence-electron chi connectivity index (χ1n) is 9.94. The molecular weight excluding hydrogens is 438 g/mol. The van der Waals surface area contributed by atoms with E-state index in [-0.39, 0.29) is 0 Å². The zero-order chi connectivity index (χ0) is 23.6. The average Bonchev–Trinajstić information content (AvgIpc) is 3.29. The minimum atomic E-state index is -4.38. The molecule has 5 nitrogen and oxygen atoms in total.